The highest BCUT2D eigenvalue weighted by Crippen LogP contribution is 2.49. The van der Waals surface area contributed by atoms with E-state index in [-0.39, 0.29) is 11.9 Å². The third-order valence-electron chi connectivity index (χ3n) is 5.64. The number of hydrogen-bond acceptors (Lipinski definition) is 2. The smallest absolute Gasteiger partial charge is 0.271 e. The molecule has 4 nitrogen and oxygen atoms in total. The lowest BCUT2D eigenvalue weighted by molar-refractivity contribution is 0.0911. The van der Waals surface area contributed by atoms with E-state index in [1.807, 2.05) is 35.9 Å². The van der Waals surface area contributed by atoms with Crippen molar-refractivity contribution in [3.05, 3.63) is 35.8 Å². The van der Waals surface area contributed by atoms with E-state index < -0.39 is 0 Å². The summed E-state index contributed by atoms with van der Waals surface area (Å²) in [6.45, 7) is 4.19. The summed E-state index contributed by atoms with van der Waals surface area (Å²) in [5.74, 6) is 2.34. The van der Waals surface area contributed by atoms with Crippen molar-refractivity contribution in [1.29, 1.82) is 0 Å². The predicted octanol–water partition coefficient (Wildman–Crippen LogP) is 3.20. The number of imidazole rings is 1. The second kappa shape index (κ2) is 5.11. The summed E-state index contributed by atoms with van der Waals surface area (Å²) < 4.78 is 1.91. The number of amides is 1. The van der Waals surface area contributed by atoms with E-state index in [4.69, 9.17) is 0 Å². The molecular formula is C18H23N3O. The fourth-order valence-electron chi connectivity index (χ4n) is 4.49. The zero-order valence-corrected chi connectivity index (χ0v) is 13.2. The minimum absolute atomic E-state index is 0.0448. The number of carbonyl (C=O) groups is 1. The first-order valence-electron chi connectivity index (χ1n) is 8.36. The molecule has 2 saturated carbocycles. The van der Waals surface area contributed by atoms with Crippen molar-refractivity contribution < 1.29 is 4.79 Å². The summed E-state index contributed by atoms with van der Waals surface area (Å²) in [5.41, 5.74) is 2.50. The Morgan fingerprint density at radius 2 is 2.27 bits per heavy atom. The van der Waals surface area contributed by atoms with Crippen molar-refractivity contribution in [2.24, 2.45) is 17.8 Å². The second-order valence-corrected chi connectivity index (χ2v) is 7.20. The van der Waals surface area contributed by atoms with Crippen LogP contribution in [0.3, 0.4) is 0 Å². The topological polar surface area (TPSA) is 46.4 Å². The van der Waals surface area contributed by atoms with Crippen molar-refractivity contribution in [3.8, 4) is 0 Å². The van der Waals surface area contributed by atoms with E-state index in [0.29, 0.717) is 11.6 Å². The van der Waals surface area contributed by atoms with Gasteiger partial charge in [-0.05, 0) is 68.6 Å². The summed E-state index contributed by atoms with van der Waals surface area (Å²) in [5, 5.41) is 3.18. The molecule has 0 radical (unpaired) electrons. The molecule has 2 aromatic heterocycles. The Morgan fingerprint density at radius 1 is 1.41 bits per heavy atom. The summed E-state index contributed by atoms with van der Waals surface area (Å²) in [6.07, 6.45) is 9.18. The van der Waals surface area contributed by atoms with E-state index in [1.54, 1.807) is 0 Å². The predicted molar refractivity (Wildman–Crippen MR) is 85.8 cm³/mol. The number of pyridine rings is 1. The fourth-order valence-corrected chi connectivity index (χ4v) is 4.49. The van der Waals surface area contributed by atoms with Crippen LogP contribution >= 0.6 is 0 Å². The monoisotopic (exact) mass is 297 g/mol. The van der Waals surface area contributed by atoms with E-state index >= 15 is 0 Å². The molecule has 1 amide bonds. The molecule has 2 aliphatic carbocycles. The van der Waals surface area contributed by atoms with Crippen molar-refractivity contribution in [2.45, 2.75) is 45.6 Å². The van der Waals surface area contributed by atoms with Crippen LogP contribution in [0.25, 0.3) is 5.65 Å². The zero-order chi connectivity index (χ0) is 15.3. The molecule has 2 aromatic rings. The third-order valence-corrected chi connectivity index (χ3v) is 5.64. The number of hydrogen-bond donors (Lipinski definition) is 1. The Labute approximate surface area is 130 Å². The van der Waals surface area contributed by atoms with Crippen LogP contribution in [-0.4, -0.2) is 21.3 Å². The lowest BCUT2D eigenvalue weighted by atomic mass is 9.84. The molecule has 4 rings (SSSR count). The quantitative estimate of drug-likeness (QED) is 0.945. The van der Waals surface area contributed by atoms with Gasteiger partial charge < -0.3 is 9.72 Å². The highest BCUT2D eigenvalue weighted by molar-refractivity contribution is 5.93. The largest absolute Gasteiger partial charge is 0.348 e. The molecule has 4 atom stereocenters. The first-order valence-corrected chi connectivity index (χ1v) is 8.36. The maximum Gasteiger partial charge on any atom is 0.271 e. The van der Waals surface area contributed by atoms with Gasteiger partial charge >= 0.3 is 0 Å². The van der Waals surface area contributed by atoms with Gasteiger partial charge in [0.15, 0.2) is 0 Å². The van der Waals surface area contributed by atoms with Crippen LogP contribution in [0, 0.1) is 24.7 Å². The summed E-state index contributed by atoms with van der Waals surface area (Å²) in [6, 6.07) is 4.26. The maximum atomic E-state index is 12.5. The Kier molecular flexibility index (Phi) is 3.21. The van der Waals surface area contributed by atoms with Gasteiger partial charge in [0.2, 0.25) is 0 Å². The van der Waals surface area contributed by atoms with Crippen LogP contribution in [0.4, 0.5) is 0 Å². The highest BCUT2D eigenvalue weighted by Gasteiger charge is 2.42. The van der Waals surface area contributed by atoms with Crippen LogP contribution < -0.4 is 5.32 Å². The van der Waals surface area contributed by atoms with Crippen LogP contribution in [0.5, 0.6) is 0 Å². The van der Waals surface area contributed by atoms with Gasteiger partial charge in [-0.2, -0.15) is 0 Å². The van der Waals surface area contributed by atoms with Crippen LogP contribution in [0.1, 0.15) is 48.7 Å². The number of fused-ring (bicyclic) bond motifs is 3. The van der Waals surface area contributed by atoms with E-state index in [1.165, 1.54) is 25.7 Å². The Balaban J connectivity index is 1.48. The molecule has 2 fully saturated rings. The molecule has 2 heterocycles. The number of nitrogens with one attached hydrogen (secondary N) is 1. The van der Waals surface area contributed by atoms with Crippen molar-refractivity contribution >= 4 is 11.6 Å². The van der Waals surface area contributed by atoms with Crippen LogP contribution in [-0.2, 0) is 0 Å². The average Bonchev–Trinajstić information content (AvgIpc) is 3.20. The van der Waals surface area contributed by atoms with Gasteiger partial charge in [-0.3, -0.25) is 4.79 Å². The lowest BCUT2D eigenvalue weighted by Gasteiger charge is -2.28. The second-order valence-electron chi connectivity index (χ2n) is 7.20. The number of aryl methyl sites for hydroxylation is 1. The van der Waals surface area contributed by atoms with Gasteiger partial charge in [0.25, 0.3) is 5.91 Å². The number of carbonyl (C=O) groups excluding carboxylic acids is 1. The van der Waals surface area contributed by atoms with Crippen molar-refractivity contribution in [3.63, 3.8) is 0 Å². The van der Waals surface area contributed by atoms with Crippen LogP contribution in [0.15, 0.2) is 24.5 Å². The van der Waals surface area contributed by atoms with Crippen molar-refractivity contribution in [1.82, 2.24) is 14.7 Å². The Hall–Kier alpha value is -1.84. The standard InChI is InChI=1S/C18H23N3O/c1-11-5-6-21-10-16(20-17(21)7-11)18(22)19-12(2)15-9-13-3-4-14(15)8-13/h5-7,10,12-15H,3-4,8-9H2,1-2H3,(H,19,22)/t12-,13+,14+,15-/m1/s1. The van der Waals surface area contributed by atoms with Gasteiger partial charge in [-0.25, -0.2) is 4.98 Å². The Bertz CT molecular complexity index is 720. The normalized spacial score (nSPS) is 28.2. The molecule has 22 heavy (non-hydrogen) atoms. The molecular weight excluding hydrogens is 274 g/mol. The molecule has 116 valence electrons. The number of aromatic nitrogens is 2. The van der Waals surface area contributed by atoms with Gasteiger partial charge in [-0.15, -0.1) is 0 Å². The highest BCUT2D eigenvalue weighted by atomic mass is 16.2. The van der Waals surface area contributed by atoms with E-state index in [2.05, 4.69) is 17.2 Å². The van der Waals surface area contributed by atoms with Crippen LogP contribution in [0.2, 0.25) is 0 Å². The molecule has 2 bridgehead atoms. The molecule has 0 unspecified atom stereocenters. The zero-order valence-electron chi connectivity index (χ0n) is 13.2. The first kappa shape index (κ1) is 13.8. The minimum Gasteiger partial charge on any atom is -0.348 e. The van der Waals surface area contributed by atoms with E-state index in [9.17, 15) is 4.79 Å². The molecule has 0 saturated heterocycles. The summed E-state index contributed by atoms with van der Waals surface area (Å²) in [4.78, 5) is 16.9. The van der Waals surface area contributed by atoms with E-state index in [0.717, 1.165) is 23.0 Å². The van der Waals surface area contributed by atoms with Gasteiger partial charge in [-0.1, -0.05) is 6.42 Å². The summed E-state index contributed by atoms with van der Waals surface area (Å²) >= 11 is 0. The molecule has 1 N–H and O–H groups in total. The first-order chi connectivity index (χ1) is 10.6. The molecule has 0 aliphatic heterocycles. The number of rotatable bonds is 3. The Morgan fingerprint density at radius 3 is 3.00 bits per heavy atom. The lowest BCUT2D eigenvalue weighted by Crippen LogP contribution is -2.40. The number of nitrogens with zero attached hydrogens (tertiary/aromatic N) is 2. The fraction of sp³-hybridized carbons (Fsp3) is 0.556. The summed E-state index contributed by atoms with van der Waals surface area (Å²) in [7, 11) is 0. The van der Waals surface area contributed by atoms with Gasteiger partial charge in [0.05, 0.1) is 0 Å². The molecule has 2 aliphatic rings. The molecule has 0 aromatic carbocycles. The van der Waals surface area contributed by atoms with Gasteiger partial charge in [0, 0.05) is 18.4 Å². The molecule has 4 heteroatoms. The molecule has 0 spiro atoms. The van der Waals surface area contributed by atoms with Gasteiger partial charge in [0.1, 0.15) is 11.3 Å². The average molecular weight is 297 g/mol. The third kappa shape index (κ3) is 2.31. The van der Waals surface area contributed by atoms with Crippen molar-refractivity contribution in [2.75, 3.05) is 0 Å². The SMILES string of the molecule is Cc1ccn2cc(C(=O)N[C@H](C)[C@H]3C[C@H]4CC[C@H]3C4)nc2c1. The maximum absolute atomic E-state index is 12.5. The minimum atomic E-state index is -0.0448.